The molecule has 6 heteroatoms. The van der Waals surface area contributed by atoms with Crippen molar-refractivity contribution in [1.29, 1.82) is 0 Å². The first kappa shape index (κ1) is 13.2. The Labute approximate surface area is 122 Å². The van der Waals surface area contributed by atoms with Crippen LogP contribution in [-0.4, -0.2) is 27.0 Å². The zero-order valence-corrected chi connectivity index (χ0v) is 12.4. The van der Waals surface area contributed by atoms with E-state index >= 15 is 0 Å². The van der Waals surface area contributed by atoms with Gasteiger partial charge in [0.15, 0.2) is 5.96 Å². The highest BCUT2D eigenvalue weighted by Gasteiger charge is 2.29. The molecule has 1 aliphatic rings. The second-order valence-corrected chi connectivity index (χ2v) is 5.97. The maximum Gasteiger partial charge on any atom is 0.192 e. The Balaban J connectivity index is 1.83. The van der Waals surface area contributed by atoms with Gasteiger partial charge in [0.05, 0.1) is 37.3 Å². The van der Waals surface area contributed by atoms with Gasteiger partial charge in [0, 0.05) is 11.4 Å². The van der Waals surface area contributed by atoms with Gasteiger partial charge in [-0.1, -0.05) is 13.0 Å². The number of rotatable bonds is 5. The van der Waals surface area contributed by atoms with E-state index in [0.717, 1.165) is 19.5 Å². The van der Waals surface area contributed by atoms with E-state index in [0.29, 0.717) is 12.5 Å². The minimum absolute atomic E-state index is 0.200. The fourth-order valence-electron chi connectivity index (χ4n) is 2.58. The number of nitrogens with zero attached hydrogens (tertiary/aromatic N) is 4. The second kappa shape index (κ2) is 5.66. The average molecular weight is 289 g/mol. The van der Waals surface area contributed by atoms with Crippen LogP contribution in [0.25, 0.3) is 0 Å². The molecular formula is C14H19N5S. The van der Waals surface area contributed by atoms with Crippen LogP contribution in [-0.2, 0) is 13.1 Å². The van der Waals surface area contributed by atoms with E-state index < -0.39 is 0 Å². The van der Waals surface area contributed by atoms with E-state index in [1.54, 1.807) is 11.3 Å². The SMILES string of the molecule is CCCn1cncc1C1CN=C(N)N1Cc1cccs1. The standard InChI is InChI=1S/C14H19N5S/c1-2-5-18-10-16-7-12(18)13-8-17-14(15)19(13)9-11-4-3-6-20-11/h3-4,6-7,10,13H,2,5,8-9H2,1H3,(H2,15,17). The Morgan fingerprint density at radius 1 is 1.50 bits per heavy atom. The molecule has 0 fully saturated rings. The molecule has 1 unspecified atom stereocenters. The number of hydrogen-bond acceptors (Lipinski definition) is 5. The molecular weight excluding hydrogens is 270 g/mol. The Bertz CT molecular complexity index is 586. The highest BCUT2D eigenvalue weighted by Crippen LogP contribution is 2.28. The van der Waals surface area contributed by atoms with E-state index in [1.165, 1.54) is 10.6 Å². The lowest BCUT2D eigenvalue weighted by Gasteiger charge is -2.26. The summed E-state index contributed by atoms with van der Waals surface area (Å²) in [5.74, 6) is 0.632. The van der Waals surface area contributed by atoms with Crippen molar-refractivity contribution in [2.45, 2.75) is 32.5 Å². The summed E-state index contributed by atoms with van der Waals surface area (Å²) < 4.78 is 2.21. The van der Waals surface area contributed by atoms with Gasteiger partial charge in [-0.3, -0.25) is 4.99 Å². The molecule has 2 N–H and O–H groups in total. The molecule has 0 radical (unpaired) electrons. The van der Waals surface area contributed by atoms with E-state index in [2.05, 4.69) is 43.9 Å². The zero-order valence-electron chi connectivity index (χ0n) is 11.6. The van der Waals surface area contributed by atoms with Gasteiger partial charge in [0.1, 0.15) is 0 Å². The maximum atomic E-state index is 6.07. The molecule has 0 bridgehead atoms. The van der Waals surface area contributed by atoms with Crippen molar-refractivity contribution < 1.29 is 0 Å². The lowest BCUT2D eigenvalue weighted by Crippen LogP contribution is -2.36. The van der Waals surface area contributed by atoms with Crippen molar-refractivity contribution in [2.24, 2.45) is 10.7 Å². The summed E-state index contributed by atoms with van der Waals surface area (Å²) in [5, 5.41) is 2.09. The van der Waals surface area contributed by atoms with Crippen molar-refractivity contribution in [1.82, 2.24) is 14.5 Å². The van der Waals surface area contributed by atoms with E-state index in [1.807, 2.05) is 12.5 Å². The second-order valence-electron chi connectivity index (χ2n) is 4.93. The predicted molar refractivity (Wildman–Crippen MR) is 81.6 cm³/mol. The topological polar surface area (TPSA) is 59.4 Å². The number of thiophene rings is 1. The summed E-state index contributed by atoms with van der Waals surface area (Å²) in [6.45, 7) is 4.69. The van der Waals surface area contributed by atoms with Gasteiger partial charge in [-0.2, -0.15) is 0 Å². The summed E-state index contributed by atoms with van der Waals surface area (Å²) in [6.07, 6.45) is 4.93. The number of aliphatic imine (C=N–C) groups is 1. The molecule has 0 spiro atoms. The summed E-state index contributed by atoms with van der Waals surface area (Å²) in [4.78, 5) is 12.2. The lowest BCUT2D eigenvalue weighted by molar-refractivity contribution is 0.328. The van der Waals surface area contributed by atoms with Gasteiger partial charge in [-0.05, 0) is 17.9 Å². The Morgan fingerprint density at radius 3 is 3.15 bits per heavy atom. The fourth-order valence-corrected chi connectivity index (χ4v) is 3.28. The molecule has 0 amide bonds. The molecule has 0 saturated carbocycles. The van der Waals surface area contributed by atoms with Gasteiger partial charge in [0.25, 0.3) is 0 Å². The normalized spacial score (nSPS) is 18.6. The molecule has 3 rings (SSSR count). The number of hydrogen-bond donors (Lipinski definition) is 1. The largest absolute Gasteiger partial charge is 0.370 e. The van der Waals surface area contributed by atoms with E-state index in [4.69, 9.17) is 5.73 Å². The Kier molecular flexibility index (Phi) is 3.73. The van der Waals surface area contributed by atoms with Crippen LogP contribution >= 0.6 is 11.3 Å². The van der Waals surface area contributed by atoms with Gasteiger partial charge in [-0.15, -0.1) is 11.3 Å². The smallest absolute Gasteiger partial charge is 0.192 e. The molecule has 106 valence electrons. The minimum atomic E-state index is 0.200. The van der Waals surface area contributed by atoms with Crippen LogP contribution in [0.3, 0.4) is 0 Å². The van der Waals surface area contributed by atoms with Crippen molar-refractivity contribution in [3.63, 3.8) is 0 Å². The summed E-state index contributed by atoms with van der Waals surface area (Å²) in [5.41, 5.74) is 7.27. The van der Waals surface area contributed by atoms with Crippen LogP contribution in [0.15, 0.2) is 35.0 Å². The van der Waals surface area contributed by atoms with Gasteiger partial charge in [0.2, 0.25) is 0 Å². The van der Waals surface area contributed by atoms with Crippen LogP contribution in [0.5, 0.6) is 0 Å². The first-order chi connectivity index (χ1) is 9.79. The highest BCUT2D eigenvalue weighted by molar-refractivity contribution is 7.09. The summed E-state index contributed by atoms with van der Waals surface area (Å²) in [6, 6.07) is 4.40. The molecule has 1 aliphatic heterocycles. The third-order valence-corrected chi connectivity index (χ3v) is 4.41. The van der Waals surface area contributed by atoms with E-state index in [-0.39, 0.29) is 6.04 Å². The Hall–Kier alpha value is -1.82. The van der Waals surface area contributed by atoms with Gasteiger partial charge >= 0.3 is 0 Å². The molecule has 0 saturated heterocycles. The molecule has 2 aromatic rings. The summed E-state index contributed by atoms with van der Waals surface area (Å²) in [7, 11) is 0. The number of aryl methyl sites for hydroxylation is 1. The molecule has 1 atom stereocenters. The first-order valence-electron chi connectivity index (χ1n) is 6.88. The number of guanidine groups is 1. The molecule has 3 heterocycles. The van der Waals surface area contributed by atoms with E-state index in [9.17, 15) is 0 Å². The maximum absolute atomic E-state index is 6.07. The molecule has 5 nitrogen and oxygen atoms in total. The zero-order chi connectivity index (χ0) is 13.9. The van der Waals surface area contributed by atoms with Crippen molar-refractivity contribution in [2.75, 3.05) is 6.54 Å². The van der Waals surface area contributed by atoms with Gasteiger partial charge in [-0.25, -0.2) is 4.98 Å². The van der Waals surface area contributed by atoms with Crippen LogP contribution in [0.2, 0.25) is 0 Å². The van der Waals surface area contributed by atoms with Crippen LogP contribution in [0, 0.1) is 0 Å². The minimum Gasteiger partial charge on any atom is -0.370 e. The molecule has 0 aromatic carbocycles. The number of aromatic nitrogens is 2. The number of imidazole rings is 1. The van der Waals surface area contributed by atoms with Crippen molar-refractivity contribution in [3.05, 3.63) is 40.6 Å². The first-order valence-corrected chi connectivity index (χ1v) is 7.76. The average Bonchev–Trinajstić information content (AvgIpc) is 3.14. The third-order valence-electron chi connectivity index (χ3n) is 3.55. The fraction of sp³-hybridized carbons (Fsp3) is 0.429. The lowest BCUT2D eigenvalue weighted by atomic mass is 10.2. The molecule has 20 heavy (non-hydrogen) atoms. The third kappa shape index (κ3) is 2.43. The summed E-state index contributed by atoms with van der Waals surface area (Å²) >= 11 is 1.75. The monoisotopic (exact) mass is 289 g/mol. The van der Waals surface area contributed by atoms with Gasteiger partial charge < -0.3 is 15.2 Å². The number of nitrogens with two attached hydrogens (primary N) is 1. The Morgan fingerprint density at radius 2 is 2.40 bits per heavy atom. The van der Waals surface area contributed by atoms with Crippen molar-refractivity contribution in [3.8, 4) is 0 Å². The quantitative estimate of drug-likeness (QED) is 0.918. The van der Waals surface area contributed by atoms with Crippen LogP contribution in [0.1, 0.15) is 30.0 Å². The van der Waals surface area contributed by atoms with Crippen LogP contribution in [0.4, 0.5) is 0 Å². The van der Waals surface area contributed by atoms with Crippen molar-refractivity contribution >= 4 is 17.3 Å². The molecule has 0 aliphatic carbocycles. The predicted octanol–water partition coefficient (Wildman–Crippen LogP) is 2.23. The van der Waals surface area contributed by atoms with Crippen LogP contribution < -0.4 is 5.73 Å². The molecule has 2 aromatic heterocycles. The highest BCUT2D eigenvalue weighted by atomic mass is 32.1.